The number of rotatable bonds is 9. The van der Waals surface area contributed by atoms with Crippen LogP contribution in [0.25, 0.3) is 0 Å². The number of carbonyl (C=O) groups excluding carboxylic acids is 1. The van der Waals surface area contributed by atoms with Crippen molar-refractivity contribution in [3.8, 4) is 0 Å². The molecule has 1 aromatic heterocycles. The Balaban J connectivity index is 1.94. The highest BCUT2D eigenvalue weighted by Crippen LogP contribution is 2.24. The predicted octanol–water partition coefficient (Wildman–Crippen LogP) is 2.31. The molecule has 9 nitrogen and oxygen atoms in total. The summed E-state index contributed by atoms with van der Waals surface area (Å²) >= 11 is 0. The van der Waals surface area contributed by atoms with E-state index >= 15 is 0 Å². The molecule has 3 atom stereocenters. The average Bonchev–Trinajstić information content (AvgIpc) is 3.15. The first kappa shape index (κ1) is 23.1. The monoisotopic (exact) mass is 408 g/mol. The number of aromatic nitrogens is 2. The number of hydrogen-bond donors (Lipinski definition) is 3. The number of ether oxygens (including phenoxy) is 1. The number of nitrogens with one attached hydrogen (secondary N) is 3. The van der Waals surface area contributed by atoms with Crippen LogP contribution in [-0.2, 0) is 16.1 Å². The molecule has 1 heterocycles. The van der Waals surface area contributed by atoms with Gasteiger partial charge in [-0.15, -0.1) is 0 Å². The van der Waals surface area contributed by atoms with Crippen LogP contribution in [0.3, 0.4) is 0 Å². The minimum atomic E-state index is -0.205. The van der Waals surface area contributed by atoms with E-state index in [2.05, 4.69) is 31.1 Å². The van der Waals surface area contributed by atoms with Crippen LogP contribution in [0.15, 0.2) is 9.52 Å². The van der Waals surface area contributed by atoms with Crippen molar-refractivity contribution in [3.63, 3.8) is 0 Å². The molecule has 2 rings (SSSR count). The Labute approximate surface area is 173 Å². The van der Waals surface area contributed by atoms with Crippen LogP contribution in [0, 0.1) is 5.92 Å². The van der Waals surface area contributed by atoms with Gasteiger partial charge in [-0.25, -0.2) is 4.99 Å². The summed E-state index contributed by atoms with van der Waals surface area (Å²) in [6, 6.07) is 0.375. The van der Waals surface area contributed by atoms with E-state index in [0.717, 1.165) is 32.2 Å². The second-order valence-corrected chi connectivity index (χ2v) is 7.71. The van der Waals surface area contributed by atoms with Crippen molar-refractivity contribution in [1.82, 2.24) is 26.1 Å². The van der Waals surface area contributed by atoms with Crippen molar-refractivity contribution in [2.75, 3.05) is 13.2 Å². The fourth-order valence-electron chi connectivity index (χ4n) is 3.44. The normalized spacial score (nSPS) is 21.1. The van der Waals surface area contributed by atoms with Crippen molar-refractivity contribution in [3.05, 3.63) is 11.7 Å². The lowest BCUT2D eigenvalue weighted by Crippen LogP contribution is -2.47. The van der Waals surface area contributed by atoms with Crippen LogP contribution in [0.4, 0.5) is 0 Å². The van der Waals surface area contributed by atoms with Gasteiger partial charge in [0.15, 0.2) is 11.8 Å². The lowest BCUT2D eigenvalue weighted by Gasteiger charge is -2.30. The van der Waals surface area contributed by atoms with Crippen LogP contribution >= 0.6 is 0 Å². The van der Waals surface area contributed by atoms with Crippen LogP contribution in [0.2, 0.25) is 0 Å². The number of carbonyl (C=O) groups is 1. The van der Waals surface area contributed by atoms with Crippen molar-refractivity contribution in [1.29, 1.82) is 0 Å². The van der Waals surface area contributed by atoms with Crippen molar-refractivity contribution in [2.45, 2.75) is 85.0 Å². The van der Waals surface area contributed by atoms with E-state index in [0.29, 0.717) is 24.3 Å². The molecule has 0 bridgehead atoms. The van der Waals surface area contributed by atoms with Gasteiger partial charge in [0.1, 0.15) is 12.6 Å². The highest BCUT2D eigenvalue weighted by atomic mass is 16.5. The third-order valence-corrected chi connectivity index (χ3v) is 4.80. The molecule has 0 aromatic carbocycles. The third kappa shape index (κ3) is 7.64. The molecule has 3 N–H and O–H groups in total. The first-order valence-corrected chi connectivity index (χ1v) is 10.7. The standard InChI is InChI=1S/C20H36N6O3/c1-6-21-20(22-12-17-25-18(26-29-17)14(5)28-7-2)24-16-10-8-9-15(11-16)19(27)23-13(3)4/h13-16H,6-12H2,1-5H3,(H,23,27)(H2,21,22,24). The minimum absolute atomic E-state index is 0.0464. The van der Waals surface area contributed by atoms with Gasteiger partial charge in [0.25, 0.3) is 0 Å². The lowest BCUT2D eigenvalue weighted by atomic mass is 9.85. The Kier molecular flexibility index (Phi) is 9.37. The number of guanidine groups is 1. The smallest absolute Gasteiger partial charge is 0.248 e. The average molecular weight is 409 g/mol. The summed E-state index contributed by atoms with van der Waals surface area (Å²) in [4.78, 5) is 21.3. The van der Waals surface area contributed by atoms with Gasteiger partial charge in [-0.3, -0.25) is 4.79 Å². The summed E-state index contributed by atoms with van der Waals surface area (Å²) in [6.45, 7) is 11.4. The Morgan fingerprint density at radius 3 is 2.79 bits per heavy atom. The lowest BCUT2D eigenvalue weighted by molar-refractivity contribution is -0.126. The molecule has 0 saturated heterocycles. The fraction of sp³-hybridized carbons (Fsp3) is 0.800. The zero-order valence-corrected chi connectivity index (χ0v) is 18.3. The van der Waals surface area contributed by atoms with Gasteiger partial charge < -0.3 is 25.2 Å². The van der Waals surface area contributed by atoms with E-state index in [1.807, 2.05) is 34.6 Å². The summed E-state index contributed by atoms with van der Waals surface area (Å²) in [6.07, 6.45) is 3.58. The van der Waals surface area contributed by atoms with Crippen LogP contribution < -0.4 is 16.0 Å². The van der Waals surface area contributed by atoms with Gasteiger partial charge in [-0.2, -0.15) is 4.98 Å². The van der Waals surface area contributed by atoms with Gasteiger partial charge >= 0.3 is 0 Å². The van der Waals surface area contributed by atoms with Crippen molar-refractivity contribution in [2.24, 2.45) is 10.9 Å². The van der Waals surface area contributed by atoms with Crippen molar-refractivity contribution < 1.29 is 14.1 Å². The second-order valence-electron chi connectivity index (χ2n) is 7.71. The topological polar surface area (TPSA) is 114 Å². The molecule has 1 saturated carbocycles. The zero-order chi connectivity index (χ0) is 21.2. The molecule has 1 aliphatic carbocycles. The van der Waals surface area contributed by atoms with Crippen LogP contribution in [0.5, 0.6) is 0 Å². The third-order valence-electron chi connectivity index (χ3n) is 4.80. The summed E-state index contributed by atoms with van der Waals surface area (Å²) in [5, 5.41) is 13.7. The molecule has 0 radical (unpaired) electrons. The number of nitrogens with zero attached hydrogens (tertiary/aromatic N) is 3. The Morgan fingerprint density at radius 1 is 1.31 bits per heavy atom. The highest BCUT2D eigenvalue weighted by Gasteiger charge is 2.28. The van der Waals surface area contributed by atoms with E-state index in [-0.39, 0.29) is 36.6 Å². The Bertz CT molecular complexity index is 660. The predicted molar refractivity (Wildman–Crippen MR) is 111 cm³/mol. The summed E-state index contributed by atoms with van der Waals surface area (Å²) < 4.78 is 10.8. The number of aliphatic imine (C=N–C) groups is 1. The second kappa shape index (κ2) is 11.7. The summed E-state index contributed by atoms with van der Waals surface area (Å²) in [7, 11) is 0. The molecule has 9 heteroatoms. The van der Waals surface area contributed by atoms with Gasteiger partial charge in [0.05, 0.1) is 0 Å². The molecular weight excluding hydrogens is 372 g/mol. The number of hydrogen-bond acceptors (Lipinski definition) is 6. The van der Waals surface area contributed by atoms with Gasteiger partial charge in [0.2, 0.25) is 11.8 Å². The van der Waals surface area contributed by atoms with Gasteiger partial charge in [0, 0.05) is 31.2 Å². The maximum atomic E-state index is 12.4. The summed E-state index contributed by atoms with van der Waals surface area (Å²) in [5.74, 6) is 1.86. The maximum Gasteiger partial charge on any atom is 0.248 e. The molecular formula is C20H36N6O3. The minimum Gasteiger partial charge on any atom is -0.371 e. The molecule has 0 aliphatic heterocycles. The number of amides is 1. The molecule has 1 fully saturated rings. The Morgan fingerprint density at radius 2 is 2.10 bits per heavy atom. The molecule has 1 amide bonds. The largest absolute Gasteiger partial charge is 0.371 e. The highest BCUT2D eigenvalue weighted by molar-refractivity contribution is 5.81. The molecule has 3 unspecified atom stereocenters. The first-order valence-electron chi connectivity index (χ1n) is 10.7. The SMILES string of the molecule is CCNC(=NCc1nc(C(C)OCC)no1)NC1CCCC(C(=O)NC(C)C)C1. The Hall–Kier alpha value is -2.16. The molecule has 164 valence electrons. The quantitative estimate of drug-likeness (QED) is 0.424. The summed E-state index contributed by atoms with van der Waals surface area (Å²) in [5.41, 5.74) is 0. The van der Waals surface area contributed by atoms with E-state index < -0.39 is 0 Å². The van der Waals surface area contributed by atoms with E-state index in [1.165, 1.54) is 0 Å². The van der Waals surface area contributed by atoms with Crippen LogP contribution in [-0.4, -0.2) is 47.2 Å². The molecule has 0 spiro atoms. The zero-order valence-electron chi connectivity index (χ0n) is 18.3. The fourth-order valence-corrected chi connectivity index (χ4v) is 3.44. The van der Waals surface area contributed by atoms with Crippen LogP contribution in [0.1, 0.15) is 78.1 Å². The van der Waals surface area contributed by atoms with E-state index in [9.17, 15) is 4.79 Å². The maximum absolute atomic E-state index is 12.4. The first-order chi connectivity index (χ1) is 13.9. The molecule has 1 aromatic rings. The van der Waals surface area contributed by atoms with Gasteiger partial charge in [-0.05, 0) is 53.9 Å². The molecule has 1 aliphatic rings. The van der Waals surface area contributed by atoms with Gasteiger partial charge in [-0.1, -0.05) is 11.6 Å². The van der Waals surface area contributed by atoms with E-state index in [1.54, 1.807) is 0 Å². The molecule has 29 heavy (non-hydrogen) atoms. The van der Waals surface area contributed by atoms with E-state index in [4.69, 9.17) is 9.26 Å². The van der Waals surface area contributed by atoms with Crippen molar-refractivity contribution >= 4 is 11.9 Å².